The Labute approximate surface area is 182 Å². The van der Waals surface area contributed by atoms with E-state index in [-0.39, 0.29) is 5.15 Å². The molecule has 3 aromatic heterocycles. The minimum atomic E-state index is 0.252. The summed E-state index contributed by atoms with van der Waals surface area (Å²) >= 11 is 9.33. The lowest BCUT2D eigenvalue weighted by molar-refractivity contribution is -0.903. The minimum Gasteiger partial charge on any atom is -0.366 e. The molecule has 4 aromatic rings. The molecule has 0 atom stereocenters. The second-order valence-corrected chi connectivity index (χ2v) is 7.63. The molecule has 6 nitrogen and oxygen atoms in total. The van der Waals surface area contributed by atoms with E-state index in [0.717, 1.165) is 37.5 Å². The molecule has 0 fully saturated rings. The van der Waals surface area contributed by atoms with E-state index in [1.807, 2.05) is 42.5 Å². The van der Waals surface area contributed by atoms with Crippen LogP contribution in [0.25, 0.3) is 16.9 Å². The van der Waals surface area contributed by atoms with Crippen LogP contribution in [0.5, 0.6) is 0 Å². The molecule has 0 aliphatic rings. The topological polar surface area (TPSA) is 66.3 Å². The van der Waals surface area contributed by atoms with E-state index in [9.17, 15) is 5.21 Å². The summed E-state index contributed by atoms with van der Waals surface area (Å²) in [5.74, 6) is 0.791. The first-order chi connectivity index (χ1) is 14.0. The van der Waals surface area contributed by atoms with Crippen molar-refractivity contribution in [2.75, 3.05) is 5.32 Å². The molecule has 1 aromatic carbocycles. The van der Waals surface area contributed by atoms with Gasteiger partial charge < -0.3 is 5.32 Å². The van der Waals surface area contributed by atoms with E-state index < -0.39 is 0 Å². The second-order valence-electron chi connectivity index (χ2n) is 6.39. The molecular formula is C21H22BrClN5O+. The molecule has 0 aliphatic carbocycles. The lowest BCUT2D eigenvalue weighted by Gasteiger charge is -2.10. The number of nitrogens with one attached hydrogen (secondary N) is 1. The van der Waals surface area contributed by atoms with Gasteiger partial charge in [-0.05, 0) is 33.6 Å². The highest BCUT2D eigenvalue weighted by atomic mass is 79.9. The van der Waals surface area contributed by atoms with Gasteiger partial charge in [0.25, 0.3) is 0 Å². The van der Waals surface area contributed by atoms with Gasteiger partial charge in [-0.25, -0.2) is 4.98 Å². The van der Waals surface area contributed by atoms with Crippen LogP contribution in [0.15, 0.2) is 65.4 Å². The van der Waals surface area contributed by atoms with E-state index in [1.165, 1.54) is 6.42 Å². The molecule has 0 saturated carbocycles. The molecule has 8 heteroatoms. The van der Waals surface area contributed by atoms with Crippen molar-refractivity contribution in [2.24, 2.45) is 0 Å². The highest BCUT2D eigenvalue weighted by molar-refractivity contribution is 9.10. The first-order valence-corrected chi connectivity index (χ1v) is 10.4. The second kappa shape index (κ2) is 9.71. The van der Waals surface area contributed by atoms with Crippen LogP contribution in [0.1, 0.15) is 25.8 Å². The Bertz CT molecular complexity index is 1100. The van der Waals surface area contributed by atoms with Crippen molar-refractivity contribution in [3.63, 3.8) is 0 Å². The quantitative estimate of drug-likeness (QED) is 0.237. The van der Waals surface area contributed by atoms with E-state index in [1.54, 1.807) is 23.0 Å². The molecule has 0 spiro atoms. The van der Waals surface area contributed by atoms with Gasteiger partial charge in [0.15, 0.2) is 5.65 Å². The zero-order valence-corrected chi connectivity index (χ0v) is 18.5. The number of nitrogens with zero attached hydrogens (tertiary/aromatic N) is 4. The summed E-state index contributed by atoms with van der Waals surface area (Å²) < 4.78 is 3.44. The zero-order chi connectivity index (χ0) is 20.8. The molecule has 0 radical (unpaired) electrons. The molecule has 2 N–H and O–H groups in total. The Hall–Kier alpha value is -2.64. The van der Waals surface area contributed by atoms with Gasteiger partial charge in [0.2, 0.25) is 6.20 Å². The maximum absolute atomic E-state index is 9.69. The lowest BCUT2D eigenvalue weighted by Crippen LogP contribution is -2.31. The van der Waals surface area contributed by atoms with E-state index >= 15 is 0 Å². The van der Waals surface area contributed by atoms with Gasteiger partial charge in [0.1, 0.15) is 5.82 Å². The van der Waals surface area contributed by atoms with E-state index in [2.05, 4.69) is 40.2 Å². The highest BCUT2D eigenvalue weighted by Gasteiger charge is 2.13. The van der Waals surface area contributed by atoms with Crippen molar-refractivity contribution in [2.45, 2.75) is 26.8 Å². The molecular weight excluding hydrogens is 454 g/mol. The summed E-state index contributed by atoms with van der Waals surface area (Å²) in [6, 6.07) is 15.4. The highest BCUT2D eigenvalue weighted by Crippen LogP contribution is 2.26. The molecule has 0 bridgehead atoms. The van der Waals surface area contributed by atoms with E-state index in [4.69, 9.17) is 16.6 Å². The van der Waals surface area contributed by atoms with Gasteiger partial charge in [0, 0.05) is 34.5 Å². The van der Waals surface area contributed by atoms with Gasteiger partial charge in [-0.1, -0.05) is 50.6 Å². The van der Waals surface area contributed by atoms with Crippen LogP contribution in [-0.4, -0.2) is 19.8 Å². The number of rotatable bonds is 4. The third-order valence-electron chi connectivity index (χ3n) is 3.91. The molecule has 3 heterocycles. The van der Waals surface area contributed by atoms with Gasteiger partial charge in [0.05, 0.1) is 16.4 Å². The number of benzene rings is 1. The summed E-state index contributed by atoms with van der Waals surface area (Å²) in [5, 5.41) is 17.7. The van der Waals surface area contributed by atoms with Gasteiger partial charge >= 0.3 is 5.15 Å². The van der Waals surface area contributed by atoms with Gasteiger partial charge in [-0.2, -0.15) is 9.61 Å². The van der Waals surface area contributed by atoms with Crippen LogP contribution in [-0.2, 0) is 6.54 Å². The summed E-state index contributed by atoms with van der Waals surface area (Å²) in [6.45, 7) is 4.74. The third-order valence-corrected chi connectivity index (χ3v) is 4.77. The molecule has 0 aliphatic heterocycles. The summed E-state index contributed by atoms with van der Waals surface area (Å²) in [6.07, 6.45) is 4.52. The van der Waals surface area contributed by atoms with Crippen molar-refractivity contribution in [3.05, 3.63) is 76.1 Å². The Morgan fingerprint density at radius 2 is 1.90 bits per heavy atom. The number of anilines is 1. The lowest BCUT2D eigenvalue weighted by atomic mass is 10.1. The number of hydrogen-bond donors (Lipinski definition) is 2. The largest absolute Gasteiger partial charge is 0.366 e. The average molecular weight is 476 g/mol. The van der Waals surface area contributed by atoms with Crippen LogP contribution in [0.4, 0.5) is 5.82 Å². The summed E-state index contributed by atoms with van der Waals surface area (Å²) in [5.41, 5.74) is 3.46. The maximum Gasteiger partial charge on any atom is 0.325 e. The van der Waals surface area contributed by atoms with Crippen LogP contribution in [0.3, 0.4) is 0 Å². The SMILES string of the molecule is CCC.O[n+]1cc(CNc2cc(-c3ccccc3)nc3c(Br)cnn23)ccc1Cl. The third kappa shape index (κ3) is 5.05. The van der Waals surface area contributed by atoms with Gasteiger partial charge in [-0.3, -0.25) is 5.21 Å². The minimum absolute atomic E-state index is 0.252. The Balaban J connectivity index is 0.000000755. The number of pyridine rings is 1. The summed E-state index contributed by atoms with van der Waals surface area (Å²) in [7, 11) is 0. The zero-order valence-electron chi connectivity index (χ0n) is 16.2. The first-order valence-electron chi connectivity index (χ1n) is 9.26. The Morgan fingerprint density at radius 3 is 2.59 bits per heavy atom. The van der Waals surface area contributed by atoms with Crippen LogP contribution in [0, 0.1) is 0 Å². The molecule has 4 rings (SSSR count). The average Bonchev–Trinajstić information content (AvgIpc) is 3.11. The van der Waals surface area contributed by atoms with Crippen molar-refractivity contribution >= 4 is 39.0 Å². The van der Waals surface area contributed by atoms with Crippen molar-refractivity contribution in [1.29, 1.82) is 0 Å². The number of hydrogen-bond acceptors (Lipinski definition) is 4. The molecule has 29 heavy (non-hydrogen) atoms. The fourth-order valence-corrected chi connectivity index (χ4v) is 3.09. The molecule has 0 amide bonds. The normalized spacial score (nSPS) is 10.5. The fourth-order valence-electron chi connectivity index (χ4n) is 2.63. The standard InChI is InChI=1S/C18H14BrClN5O.C3H8/c19-14-10-22-25-17(21-9-12-6-7-16(20)24(26)11-12)8-15(23-18(14)25)13-4-2-1-3-5-13;1-3-2/h1-8,10-11,21,26H,9H2;3H2,1-2H3/q+1;. The van der Waals surface area contributed by atoms with Crippen molar-refractivity contribution in [1.82, 2.24) is 14.6 Å². The van der Waals surface area contributed by atoms with Crippen molar-refractivity contribution in [3.8, 4) is 11.3 Å². The molecule has 150 valence electrons. The van der Waals surface area contributed by atoms with Crippen molar-refractivity contribution < 1.29 is 9.94 Å². The predicted octanol–water partition coefficient (Wildman–Crippen LogP) is 5.37. The maximum atomic E-state index is 9.69. The van der Waals surface area contributed by atoms with E-state index in [0.29, 0.717) is 6.54 Å². The molecule has 0 unspecified atom stereocenters. The number of halogens is 2. The summed E-state index contributed by atoms with van der Waals surface area (Å²) in [4.78, 5) is 4.70. The first kappa shape index (κ1) is 21.1. The predicted molar refractivity (Wildman–Crippen MR) is 118 cm³/mol. The van der Waals surface area contributed by atoms with Gasteiger partial charge in [-0.15, -0.1) is 0 Å². The smallest absolute Gasteiger partial charge is 0.325 e. The van der Waals surface area contributed by atoms with Crippen LogP contribution >= 0.6 is 27.5 Å². The van der Waals surface area contributed by atoms with Crippen LogP contribution < -0.4 is 10.0 Å². The Kier molecular flexibility index (Phi) is 7.06. The number of fused-ring (bicyclic) bond motifs is 1. The fraction of sp³-hybridized carbons (Fsp3) is 0.190. The van der Waals surface area contributed by atoms with Crippen LogP contribution in [0.2, 0.25) is 5.15 Å². The Morgan fingerprint density at radius 1 is 1.17 bits per heavy atom. The molecule has 0 saturated heterocycles. The monoisotopic (exact) mass is 474 g/mol. The number of aromatic nitrogens is 4.